The normalized spacial score (nSPS) is 11.8. The molecular formula is C20H24N4O10S. The van der Waals surface area contributed by atoms with Crippen LogP contribution in [0.4, 0.5) is 0 Å². The van der Waals surface area contributed by atoms with E-state index in [1.165, 1.54) is 4.90 Å². The molecule has 0 bridgehead atoms. The van der Waals surface area contributed by atoms with E-state index in [1.54, 1.807) is 24.3 Å². The van der Waals surface area contributed by atoms with Crippen molar-refractivity contribution >= 4 is 41.6 Å². The zero-order valence-corrected chi connectivity index (χ0v) is 19.0. The monoisotopic (exact) mass is 512 g/mol. The lowest BCUT2D eigenvalue weighted by Gasteiger charge is -2.30. The molecule has 1 aromatic carbocycles. The first-order valence-electron chi connectivity index (χ1n) is 9.97. The third-order valence-electron chi connectivity index (χ3n) is 4.72. The van der Waals surface area contributed by atoms with Crippen LogP contribution in [0.2, 0.25) is 0 Å². The summed E-state index contributed by atoms with van der Waals surface area (Å²) in [5.74, 6) is -7.81. The molecule has 14 nitrogen and oxygen atoms in total. The number of thioether (sulfide) groups is 1. The molecule has 0 heterocycles. The number of benzene rings is 1. The highest BCUT2D eigenvalue weighted by atomic mass is 32.2. The molecule has 190 valence electrons. The zero-order valence-electron chi connectivity index (χ0n) is 18.2. The van der Waals surface area contributed by atoms with Crippen molar-refractivity contribution in [2.75, 3.05) is 26.2 Å². The molecule has 0 amide bonds. The van der Waals surface area contributed by atoms with Crippen molar-refractivity contribution in [1.82, 2.24) is 15.5 Å². The Hall–Kier alpha value is -3.71. The van der Waals surface area contributed by atoms with Crippen molar-refractivity contribution in [2.24, 2.45) is 0 Å². The van der Waals surface area contributed by atoms with E-state index in [0.717, 1.165) is 11.8 Å². The largest absolute Gasteiger partial charge is 0.480 e. The number of carbonyl (C=O) groups is 5. The van der Waals surface area contributed by atoms with E-state index in [0.29, 0.717) is 10.5 Å². The number of hydrogen-bond donors (Lipinski definition) is 7. The van der Waals surface area contributed by atoms with Crippen LogP contribution in [0.25, 0.3) is 0 Å². The van der Waals surface area contributed by atoms with Crippen LogP contribution in [0.5, 0.6) is 0 Å². The van der Waals surface area contributed by atoms with E-state index >= 15 is 0 Å². The molecule has 7 N–H and O–H groups in total. The Kier molecular flexibility index (Phi) is 12.2. The number of hydrogen-bond acceptors (Lipinski definition) is 10. The van der Waals surface area contributed by atoms with Gasteiger partial charge in [0.15, 0.2) is 0 Å². The van der Waals surface area contributed by atoms with Gasteiger partial charge in [-0.05, 0) is 35.9 Å². The molecule has 0 aromatic heterocycles. The summed E-state index contributed by atoms with van der Waals surface area (Å²) < 4.78 is 0. The third kappa shape index (κ3) is 9.98. The Labute approximate surface area is 203 Å². The predicted molar refractivity (Wildman–Crippen MR) is 119 cm³/mol. The third-order valence-corrected chi connectivity index (χ3v) is 5.32. The topological polar surface area (TPSA) is 238 Å². The number of carboxylic acids is 5. The number of carboxylic acid groups (broad SMARTS) is 5. The molecule has 0 aliphatic heterocycles. The van der Waals surface area contributed by atoms with Crippen molar-refractivity contribution in [3.63, 3.8) is 0 Å². The van der Waals surface area contributed by atoms with Crippen LogP contribution in [-0.4, -0.2) is 105 Å². The summed E-state index contributed by atoms with van der Waals surface area (Å²) in [5, 5.41) is 60.9. The predicted octanol–water partition coefficient (Wildman–Crippen LogP) is -1.19. The fourth-order valence-corrected chi connectivity index (χ4v) is 3.41. The van der Waals surface area contributed by atoms with Gasteiger partial charge in [-0.1, -0.05) is 12.1 Å². The minimum Gasteiger partial charge on any atom is -0.480 e. The average molecular weight is 512 g/mol. The molecule has 15 heteroatoms. The summed E-state index contributed by atoms with van der Waals surface area (Å²) in [5.41, 5.74) is 0.591. The first kappa shape index (κ1) is 29.3. The summed E-state index contributed by atoms with van der Waals surface area (Å²) in [6, 6.07) is 1.46. The second kappa shape index (κ2) is 14.5. The Bertz CT molecular complexity index is 900. The molecule has 1 aromatic rings. The van der Waals surface area contributed by atoms with Crippen molar-refractivity contribution in [3.05, 3.63) is 29.8 Å². The molecule has 1 unspecified atom stereocenters. The molecule has 1 atom stereocenters. The maximum Gasteiger partial charge on any atom is 0.332 e. The lowest BCUT2D eigenvalue weighted by atomic mass is 10.0. The lowest BCUT2D eigenvalue weighted by molar-refractivity contribution is -0.152. The van der Waals surface area contributed by atoms with Gasteiger partial charge < -0.3 is 25.5 Å². The lowest BCUT2D eigenvalue weighted by Crippen LogP contribution is -2.52. The van der Waals surface area contributed by atoms with E-state index in [2.05, 4.69) is 10.6 Å². The van der Waals surface area contributed by atoms with Crippen molar-refractivity contribution in [3.8, 4) is 5.40 Å². The van der Waals surface area contributed by atoms with Gasteiger partial charge in [0.25, 0.3) is 0 Å². The molecule has 0 spiro atoms. The Morgan fingerprint density at radius 3 is 1.57 bits per heavy atom. The Morgan fingerprint density at radius 2 is 1.23 bits per heavy atom. The molecule has 0 aliphatic carbocycles. The van der Waals surface area contributed by atoms with Crippen LogP contribution in [0.15, 0.2) is 29.2 Å². The van der Waals surface area contributed by atoms with Crippen molar-refractivity contribution < 1.29 is 49.5 Å². The van der Waals surface area contributed by atoms with Gasteiger partial charge in [0.1, 0.15) is 11.4 Å². The van der Waals surface area contributed by atoms with E-state index in [9.17, 15) is 29.1 Å². The number of nitrogens with one attached hydrogen (secondary N) is 2. The SMILES string of the molecule is N#CSc1ccc(CC(C(=O)O)N(CCNC(C(=O)O)C(=O)O)CCNC(C(=O)O)C(=O)O)cc1. The van der Waals surface area contributed by atoms with Gasteiger partial charge in [0.05, 0.1) is 0 Å². The summed E-state index contributed by atoms with van der Waals surface area (Å²) >= 11 is 0.923. The van der Waals surface area contributed by atoms with E-state index in [4.69, 9.17) is 25.7 Å². The van der Waals surface area contributed by atoms with E-state index in [1.807, 2.05) is 5.40 Å². The van der Waals surface area contributed by atoms with Gasteiger partial charge in [-0.25, -0.2) is 19.2 Å². The summed E-state index contributed by atoms with van der Waals surface area (Å²) in [6.07, 6.45) is -0.0323. The number of rotatable bonds is 17. The molecule has 0 saturated heterocycles. The maximum absolute atomic E-state index is 12.0. The van der Waals surface area contributed by atoms with Gasteiger partial charge in [-0.15, -0.1) is 0 Å². The number of aliphatic carboxylic acids is 5. The number of nitrogens with zero attached hydrogens (tertiary/aromatic N) is 2. The fraction of sp³-hybridized carbons (Fsp3) is 0.400. The van der Waals surface area contributed by atoms with Crippen LogP contribution in [0, 0.1) is 10.7 Å². The molecule has 0 saturated carbocycles. The van der Waals surface area contributed by atoms with Gasteiger partial charge in [-0.3, -0.25) is 20.3 Å². The Morgan fingerprint density at radius 1 is 0.800 bits per heavy atom. The molecule has 0 aliphatic rings. The highest BCUT2D eigenvalue weighted by molar-refractivity contribution is 8.03. The first-order chi connectivity index (χ1) is 16.5. The first-order valence-corrected chi connectivity index (χ1v) is 10.8. The quantitative estimate of drug-likeness (QED) is 0.0738. The fourth-order valence-electron chi connectivity index (χ4n) is 3.03. The summed E-state index contributed by atoms with van der Waals surface area (Å²) in [4.78, 5) is 58.2. The second-order valence-corrected chi connectivity index (χ2v) is 7.92. The highest BCUT2D eigenvalue weighted by Crippen LogP contribution is 2.18. The number of thiocyanates is 1. The minimum atomic E-state index is -1.92. The van der Waals surface area contributed by atoms with E-state index in [-0.39, 0.29) is 32.6 Å². The van der Waals surface area contributed by atoms with Crippen molar-refractivity contribution in [1.29, 1.82) is 5.26 Å². The summed E-state index contributed by atoms with van der Waals surface area (Å²) in [6.45, 7) is -0.788. The minimum absolute atomic E-state index is 0.0323. The Balaban J connectivity index is 3.02. The average Bonchev–Trinajstić information content (AvgIpc) is 2.76. The zero-order chi connectivity index (χ0) is 26.5. The molecular weight excluding hydrogens is 488 g/mol. The highest BCUT2D eigenvalue weighted by Gasteiger charge is 2.30. The smallest absolute Gasteiger partial charge is 0.332 e. The van der Waals surface area contributed by atoms with Crippen LogP contribution in [0.3, 0.4) is 0 Å². The molecule has 0 fully saturated rings. The van der Waals surface area contributed by atoms with Crippen LogP contribution in [-0.2, 0) is 30.4 Å². The van der Waals surface area contributed by atoms with Gasteiger partial charge in [0.2, 0.25) is 12.1 Å². The number of nitriles is 1. The van der Waals surface area contributed by atoms with Crippen LogP contribution in [0.1, 0.15) is 5.56 Å². The molecule has 0 radical (unpaired) electrons. The van der Waals surface area contributed by atoms with E-state index < -0.39 is 48.0 Å². The molecule has 35 heavy (non-hydrogen) atoms. The summed E-state index contributed by atoms with van der Waals surface area (Å²) in [7, 11) is 0. The van der Waals surface area contributed by atoms with Crippen molar-refractivity contribution in [2.45, 2.75) is 29.4 Å². The van der Waals surface area contributed by atoms with Crippen LogP contribution < -0.4 is 10.6 Å². The van der Waals surface area contributed by atoms with Crippen LogP contribution >= 0.6 is 11.8 Å². The van der Waals surface area contributed by atoms with Gasteiger partial charge >= 0.3 is 29.8 Å². The standard InChI is InChI=1S/C20H24N4O10S/c21-10-35-12-3-1-11(2-4-12)9-13(16(25)26)24(7-5-22-14(17(27)28)18(29)30)8-6-23-15(19(31)32)20(33)34/h1-4,13-15,22-23H,5-9H2,(H,25,26)(H,27,28)(H,29,30)(H,31,32)(H,33,34). The maximum atomic E-state index is 12.0. The van der Waals surface area contributed by atoms with Gasteiger partial charge in [0, 0.05) is 31.1 Å². The molecule has 1 rings (SSSR count). The second-order valence-electron chi connectivity index (χ2n) is 7.06. The van der Waals surface area contributed by atoms with Gasteiger partial charge in [-0.2, -0.15) is 5.26 Å².